The van der Waals surface area contributed by atoms with Gasteiger partial charge in [0.25, 0.3) is 0 Å². The molecule has 1 aromatic rings. The van der Waals surface area contributed by atoms with Gasteiger partial charge < -0.3 is 9.30 Å². The minimum Gasteiger partial charge on any atom is -0.464 e. The molecular formula is C11H13NO2. The van der Waals surface area contributed by atoms with Crippen molar-refractivity contribution in [2.45, 2.75) is 12.8 Å². The van der Waals surface area contributed by atoms with Gasteiger partial charge in [-0.25, -0.2) is 4.79 Å². The Hall–Kier alpha value is -1.69. The number of hydrogen-bond acceptors (Lipinski definition) is 2. The Bertz CT molecular complexity index is 371. The molecule has 0 amide bonds. The third-order valence-electron chi connectivity index (χ3n) is 2.01. The third kappa shape index (κ3) is 2.17. The SMILES string of the molecule is C#CCCc1cc(C(=O)OC)n(C)c1. The Labute approximate surface area is 83.7 Å². The van der Waals surface area contributed by atoms with Gasteiger partial charge in [0, 0.05) is 19.7 Å². The van der Waals surface area contributed by atoms with E-state index in [0.717, 1.165) is 12.0 Å². The molecule has 0 radical (unpaired) electrons. The van der Waals surface area contributed by atoms with Crippen molar-refractivity contribution in [3.05, 3.63) is 23.5 Å². The highest BCUT2D eigenvalue weighted by molar-refractivity contribution is 5.87. The van der Waals surface area contributed by atoms with Crippen molar-refractivity contribution in [2.75, 3.05) is 7.11 Å². The zero-order valence-electron chi connectivity index (χ0n) is 8.41. The molecule has 14 heavy (non-hydrogen) atoms. The summed E-state index contributed by atoms with van der Waals surface area (Å²) in [5, 5.41) is 0. The Morgan fingerprint density at radius 3 is 3.00 bits per heavy atom. The molecule has 3 nitrogen and oxygen atoms in total. The third-order valence-corrected chi connectivity index (χ3v) is 2.01. The van der Waals surface area contributed by atoms with Crippen LogP contribution in [0.2, 0.25) is 0 Å². The number of carbonyl (C=O) groups excluding carboxylic acids is 1. The maximum Gasteiger partial charge on any atom is 0.354 e. The number of carbonyl (C=O) groups is 1. The van der Waals surface area contributed by atoms with Gasteiger partial charge in [-0.15, -0.1) is 12.3 Å². The summed E-state index contributed by atoms with van der Waals surface area (Å²) in [4.78, 5) is 11.2. The lowest BCUT2D eigenvalue weighted by atomic mass is 10.2. The average Bonchev–Trinajstić information content (AvgIpc) is 2.55. The number of nitrogens with zero attached hydrogens (tertiary/aromatic N) is 1. The molecule has 1 rings (SSSR count). The number of rotatable bonds is 3. The number of ether oxygens (including phenoxy) is 1. The van der Waals surface area contributed by atoms with Crippen LogP contribution in [0.3, 0.4) is 0 Å². The van der Waals surface area contributed by atoms with Crippen LogP contribution < -0.4 is 0 Å². The molecule has 3 heteroatoms. The molecule has 0 bridgehead atoms. The quantitative estimate of drug-likeness (QED) is 0.534. The molecule has 0 aliphatic carbocycles. The van der Waals surface area contributed by atoms with Gasteiger partial charge in [-0.2, -0.15) is 0 Å². The van der Waals surface area contributed by atoms with Crippen LogP contribution in [0.4, 0.5) is 0 Å². The van der Waals surface area contributed by atoms with Crippen molar-refractivity contribution in [1.82, 2.24) is 4.57 Å². The summed E-state index contributed by atoms with van der Waals surface area (Å²) in [6, 6.07) is 1.81. The maximum absolute atomic E-state index is 11.2. The minimum absolute atomic E-state index is 0.320. The van der Waals surface area contributed by atoms with E-state index in [1.54, 1.807) is 4.57 Å². The van der Waals surface area contributed by atoms with Crippen LogP contribution >= 0.6 is 0 Å². The first kappa shape index (κ1) is 10.4. The fraction of sp³-hybridized carbons (Fsp3) is 0.364. The molecule has 0 unspecified atom stereocenters. The maximum atomic E-state index is 11.2. The highest BCUT2D eigenvalue weighted by Gasteiger charge is 2.10. The predicted molar refractivity (Wildman–Crippen MR) is 53.9 cm³/mol. The number of methoxy groups -OCH3 is 1. The minimum atomic E-state index is -0.320. The van der Waals surface area contributed by atoms with E-state index in [4.69, 9.17) is 6.42 Å². The van der Waals surface area contributed by atoms with Gasteiger partial charge in [0.15, 0.2) is 0 Å². The Kier molecular flexibility index (Phi) is 3.35. The van der Waals surface area contributed by atoms with Gasteiger partial charge >= 0.3 is 5.97 Å². The fourth-order valence-corrected chi connectivity index (χ4v) is 1.29. The van der Waals surface area contributed by atoms with Gasteiger partial charge in [-0.1, -0.05) is 0 Å². The second-order valence-corrected chi connectivity index (χ2v) is 3.04. The van der Waals surface area contributed by atoms with Crippen LogP contribution in [-0.2, 0) is 18.2 Å². The van der Waals surface area contributed by atoms with Crippen LogP contribution in [0.1, 0.15) is 22.5 Å². The summed E-state index contributed by atoms with van der Waals surface area (Å²) < 4.78 is 6.38. The van der Waals surface area contributed by atoms with Crippen molar-refractivity contribution < 1.29 is 9.53 Å². The van der Waals surface area contributed by atoms with Gasteiger partial charge in [0.05, 0.1) is 7.11 Å². The second kappa shape index (κ2) is 4.52. The summed E-state index contributed by atoms with van der Waals surface area (Å²) in [7, 11) is 3.18. The highest BCUT2D eigenvalue weighted by Crippen LogP contribution is 2.10. The van der Waals surface area contributed by atoms with Gasteiger partial charge in [-0.05, 0) is 18.1 Å². The lowest BCUT2D eigenvalue weighted by Gasteiger charge is -1.98. The van der Waals surface area contributed by atoms with Crippen LogP contribution in [0.25, 0.3) is 0 Å². The van der Waals surface area contributed by atoms with Crippen molar-refractivity contribution in [3.63, 3.8) is 0 Å². The molecule has 0 aliphatic heterocycles. The largest absolute Gasteiger partial charge is 0.464 e. The smallest absolute Gasteiger partial charge is 0.354 e. The first-order valence-corrected chi connectivity index (χ1v) is 4.36. The molecule has 1 aromatic heterocycles. The van der Waals surface area contributed by atoms with Gasteiger partial charge in [0.1, 0.15) is 5.69 Å². The molecule has 0 saturated carbocycles. The predicted octanol–water partition coefficient (Wildman–Crippen LogP) is 1.38. The first-order chi connectivity index (χ1) is 6.69. The summed E-state index contributed by atoms with van der Waals surface area (Å²) in [6.45, 7) is 0. The Morgan fingerprint density at radius 2 is 2.43 bits per heavy atom. The van der Waals surface area contributed by atoms with E-state index in [9.17, 15) is 4.79 Å². The molecule has 74 valence electrons. The van der Waals surface area contributed by atoms with E-state index in [1.165, 1.54) is 7.11 Å². The summed E-state index contributed by atoms with van der Waals surface area (Å²) in [5.74, 6) is 2.24. The Balaban J connectivity index is 2.83. The molecule has 0 saturated heterocycles. The second-order valence-electron chi connectivity index (χ2n) is 3.04. The van der Waals surface area contributed by atoms with Crippen molar-refractivity contribution in [1.29, 1.82) is 0 Å². The normalized spacial score (nSPS) is 9.50. The number of hydrogen-bond donors (Lipinski definition) is 0. The van der Waals surface area contributed by atoms with Crippen LogP contribution in [0, 0.1) is 12.3 Å². The first-order valence-electron chi connectivity index (χ1n) is 4.36. The molecule has 0 fully saturated rings. The van der Waals surface area contributed by atoms with E-state index in [2.05, 4.69) is 10.7 Å². The fourth-order valence-electron chi connectivity index (χ4n) is 1.29. The zero-order chi connectivity index (χ0) is 10.6. The molecule has 0 aliphatic rings. The lowest BCUT2D eigenvalue weighted by molar-refractivity contribution is 0.0590. The van der Waals surface area contributed by atoms with Crippen LogP contribution in [0.15, 0.2) is 12.3 Å². The number of aromatic nitrogens is 1. The molecule has 0 N–H and O–H groups in total. The van der Waals surface area contributed by atoms with Crippen molar-refractivity contribution in [2.24, 2.45) is 7.05 Å². The molecule has 0 aromatic carbocycles. The Morgan fingerprint density at radius 1 is 1.71 bits per heavy atom. The van der Waals surface area contributed by atoms with E-state index < -0.39 is 0 Å². The summed E-state index contributed by atoms with van der Waals surface area (Å²) in [5.41, 5.74) is 1.62. The molecule has 0 spiro atoms. The van der Waals surface area contributed by atoms with E-state index in [0.29, 0.717) is 12.1 Å². The molecule has 0 atom stereocenters. The zero-order valence-corrected chi connectivity index (χ0v) is 8.41. The van der Waals surface area contributed by atoms with Crippen LogP contribution in [-0.4, -0.2) is 17.6 Å². The summed E-state index contributed by atoms with van der Waals surface area (Å²) in [6.07, 6.45) is 8.53. The highest BCUT2D eigenvalue weighted by atomic mass is 16.5. The number of aryl methyl sites for hydroxylation is 2. The topological polar surface area (TPSA) is 31.2 Å². The molecule has 1 heterocycles. The van der Waals surface area contributed by atoms with Gasteiger partial charge in [-0.3, -0.25) is 0 Å². The van der Waals surface area contributed by atoms with Crippen molar-refractivity contribution in [3.8, 4) is 12.3 Å². The van der Waals surface area contributed by atoms with Crippen LogP contribution in [0.5, 0.6) is 0 Å². The van der Waals surface area contributed by atoms with E-state index in [1.807, 2.05) is 19.3 Å². The van der Waals surface area contributed by atoms with E-state index in [-0.39, 0.29) is 5.97 Å². The summed E-state index contributed by atoms with van der Waals surface area (Å²) >= 11 is 0. The van der Waals surface area contributed by atoms with Crippen molar-refractivity contribution >= 4 is 5.97 Å². The number of esters is 1. The number of terminal acetylenes is 1. The average molecular weight is 191 g/mol. The monoisotopic (exact) mass is 191 g/mol. The van der Waals surface area contributed by atoms with E-state index >= 15 is 0 Å². The lowest BCUT2D eigenvalue weighted by Crippen LogP contribution is -2.06. The molecular weight excluding hydrogens is 178 g/mol. The standard InChI is InChI=1S/C11H13NO2/c1-4-5-6-9-7-10(11(13)14-3)12(2)8-9/h1,7-8H,5-6H2,2-3H3. The van der Waals surface area contributed by atoms with Gasteiger partial charge in [0.2, 0.25) is 0 Å².